The molecule has 19 heavy (non-hydrogen) atoms. The number of carbonyl (C=O) groups excluding carboxylic acids is 1. The first-order chi connectivity index (χ1) is 8.86. The Morgan fingerprint density at radius 2 is 2.00 bits per heavy atom. The predicted molar refractivity (Wildman–Crippen MR) is 75.9 cm³/mol. The summed E-state index contributed by atoms with van der Waals surface area (Å²) < 4.78 is 13.2. The van der Waals surface area contributed by atoms with Crippen molar-refractivity contribution in [3.8, 4) is 0 Å². The van der Waals surface area contributed by atoms with Crippen molar-refractivity contribution in [3.05, 3.63) is 35.1 Å². The Morgan fingerprint density at radius 1 is 1.37 bits per heavy atom. The molecule has 0 saturated heterocycles. The zero-order chi connectivity index (χ0) is 14.6. The van der Waals surface area contributed by atoms with Gasteiger partial charge in [-0.15, -0.1) is 0 Å². The second-order valence-electron chi connectivity index (χ2n) is 5.17. The summed E-state index contributed by atoms with van der Waals surface area (Å²) in [5.41, 5.74) is 1.05. The number of amides is 1. The van der Waals surface area contributed by atoms with Crippen LogP contribution in [0.2, 0.25) is 0 Å². The largest absolute Gasteiger partial charge is 0.335 e. The molecule has 1 aromatic carbocycles. The Kier molecular flexibility index (Phi) is 5.48. The Labute approximate surface area is 115 Å². The van der Waals surface area contributed by atoms with E-state index in [2.05, 4.69) is 4.90 Å². The molecule has 0 fully saturated rings. The van der Waals surface area contributed by atoms with Crippen molar-refractivity contribution in [1.82, 2.24) is 9.80 Å². The van der Waals surface area contributed by atoms with Crippen molar-refractivity contribution in [2.24, 2.45) is 0 Å². The lowest BCUT2D eigenvalue weighted by Gasteiger charge is -2.30. The molecule has 0 aliphatic rings. The van der Waals surface area contributed by atoms with E-state index >= 15 is 0 Å². The fourth-order valence-corrected chi connectivity index (χ4v) is 2.23. The van der Waals surface area contributed by atoms with E-state index in [1.807, 2.05) is 32.8 Å². The topological polar surface area (TPSA) is 23.6 Å². The third kappa shape index (κ3) is 4.03. The van der Waals surface area contributed by atoms with Gasteiger partial charge in [0.1, 0.15) is 5.82 Å². The van der Waals surface area contributed by atoms with Crippen LogP contribution in [-0.4, -0.2) is 48.9 Å². The molecule has 0 aromatic heterocycles. The second kappa shape index (κ2) is 6.66. The molecule has 0 aliphatic heterocycles. The summed E-state index contributed by atoms with van der Waals surface area (Å²) in [5.74, 6) is -0.319. The SMILES string of the molecule is CCN(C(=O)c1ccc(F)c(C)c1)C(C)CN(C)C. The molecule has 1 unspecified atom stereocenters. The smallest absolute Gasteiger partial charge is 0.254 e. The Balaban J connectivity index is 2.91. The molecule has 0 saturated carbocycles. The number of carbonyl (C=O) groups is 1. The summed E-state index contributed by atoms with van der Waals surface area (Å²) in [5, 5.41) is 0. The number of nitrogens with zero attached hydrogens (tertiary/aromatic N) is 2. The number of likely N-dealkylation sites (N-methyl/N-ethyl adjacent to an activating group) is 2. The van der Waals surface area contributed by atoms with Crippen molar-refractivity contribution < 1.29 is 9.18 Å². The molecule has 0 aliphatic carbocycles. The lowest BCUT2D eigenvalue weighted by atomic mass is 10.1. The number of halogens is 1. The highest BCUT2D eigenvalue weighted by molar-refractivity contribution is 5.94. The van der Waals surface area contributed by atoms with Gasteiger partial charge < -0.3 is 9.80 Å². The van der Waals surface area contributed by atoms with E-state index in [4.69, 9.17) is 0 Å². The number of rotatable bonds is 5. The van der Waals surface area contributed by atoms with Gasteiger partial charge in [-0.2, -0.15) is 0 Å². The molecule has 0 bridgehead atoms. The molecule has 1 aromatic rings. The minimum absolute atomic E-state index is 0.0417. The van der Waals surface area contributed by atoms with Gasteiger partial charge in [-0.05, 0) is 58.6 Å². The summed E-state index contributed by atoms with van der Waals surface area (Å²) >= 11 is 0. The molecular formula is C15H23FN2O. The predicted octanol–water partition coefficient (Wildman–Crippen LogP) is 2.55. The van der Waals surface area contributed by atoms with Crippen LogP contribution in [0.4, 0.5) is 4.39 Å². The summed E-state index contributed by atoms with van der Waals surface area (Å²) in [6.45, 7) is 7.11. The van der Waals surface area contributed by atoms with Crippen LogP contribution in [0.5, 0.6) is 0 Å². The Bertz CT molecular complexity index is 446. The highest BCUT2D eigenvalue weighted by atomic mass is 19.1. The number of hydrogen-bond donors (Lipinski definition) is 0. The van der Waals surface area contributed by atoms with Crippen molar-refractivity contribution in [2.75, 3.05) is 27.2 Å². The van der Waals surface area contributed by atoms with Crippen molar-refractivity contribution in [3.63, 3.8) is 0 Å². The molecule has 0 spiro atoms. The first kappa shape index (κ1) is 15.6. The molecule has 4 heteroatoms. The summed E-state index contributed by atoms with van der Waals surface area (Å²) in [6.07, 6.45) is 0. The molecule has 3 nitrogen and oxygen atoms in total. The fraction of sp³-hybridized carbons (Fsp3) is 0.533. The molecule has 0 heterocycles. The zero-order valence-electron chi connectivity index (χ0n) is 12.4. The average molecular weight is 266 g/mol. The molecule has 1 amide bonds. The lowest BCUT2D eigenvalue weighted by molar-refractivity contribution is 0.0679. The van der Waals surface area contributed by atoms with Crippen molar-refractivity contribution in [2.45, 2.75) is 26.8 Å². The standard InChI is InChI=1S/C15H23FN2O/c1-6-18(12(3)10-17(4)5)15(19)13-7-8-14(16)11(2)9-13/h7-9,12H,6,10H2,1-5H3. The first-order valence-electron chi connectivity index (χ1n) is 6.58. The van der Waals surface area contributed by atoms with Crippen LogP contribution in [0.15, 0.2) is 18.2 Å². The van der Waals surface area contributed by atoms with Gasteiger partial charge in [0.2, 0.25) is 0 Å². The van der Waals surface area contributed by atoms with Gasteiger partial charge in [0.25, 0.3) is 5.91 Å². The van der Waals surface area contributed by atoms with E-state index in [-0.39, 0.29) is 17.8 Å². The van der Waals surface area contributed by atoms with Crippen LogP contribution in [0, 0.1) is 12.7 Å². The van der Waals surface area contributed by atoms with Gasteiger partial charge >= 0.3 is 0 Å². The van der Waals surface area contributed by atoms with E-state index in [0.717, 1.165) is 6.54 Å². The average Bonchev–Trinajstić information content (AvgIpc) is 2.32. The maximum absolute atomic E-state index is 13.2. The van der Waals surface area contributed by atoms with E-state index in [1.54, 1.807) is 19.1 Å². The summed E-state index contributed by atoms with van der Waals surface area (Å²) in [7, 11) is 3.97. The van der Waals surface area contributed by atoms with Crippen LogP contribution in [0.1, 0.15) is 29.8 Å². The number of aryl methyl sites for hydroxylation is 1. The van der Waals surface area contributed by atoms with Gasteiger partial charge in [0, 0.05) is 24.7 Å². The fourth-order valence-electron chi connectivity index (χ4n) is 2.23. The monoisotopic (exact) mass is 266 g/mol. The third-order valence-corrected chi connectivity index (χ3v) is 3.17. The first-order valence-corrected chi connectivity index (χ1v) is 6.58. The van der Waals surface area contributed by atoms with E-state index in [9.17, 15) is 9.18 Å². The van der Waals surface area contributed by atoms with Crippen molar-refractivity contribution in [1.29, 1.82) is 0 Å². The highest BCUT2D eigenvalue weighted by Gasteiger charge is 2.20. The van der Waals surface area contributed by atoms with Crippen LogP contribution in [0.3, 0.4) is 0 Å². The molecular weight excluding hydrogens is 243 g/mol. The zero-order valence-corrected chi connectivity index (χ0v) is 12.4. The van der Waals surface area contributed by atoms with Gasteiger partial charge in [0.15, 0.2) is 0 Å². The van der Waals surface area contributed by atoms with Gasteiger partial charge in [0.05, 0.1) is 0 Å². The maximum atomic E-state index is 13.2. The third-order valence-electron chi connectivity index (χ3n) is 3.17. The molecule has 1 rings (SSSR count). The second-order valence-corrected chi connectivity index (χ2v) is 5.17. The molecule has 0 N–H and O–H groups in total. The molecule has 106 valence electrons. The minimum atomic E-state index is -0.277. The van der Waals surface area contributed by atoms with Crippen molar-refractivity contribution >= 4 is 5.91 Å². The molecule has 0 radical (unpaired) electrons. The van der Waals surface area contributed by atoms with Crippen LogP contribution in [0.25, 0.3) is 0 Å². The van der Waals surface area contributed by atoms with Crippen LogP contribution >= 0.6 is 0 Å². The van der Waals surface area contributed by atoms with E-state index < -0.39 is 0 Å². The Hall–Kier alpha value is -1.42. The molecule has 1 atom stereocenters. The van der Waals surface area contributed by atoms with E-state index in [0.29, 0.717) is 17.7 Å². The van der Waals surface area contributed by atoms with Gasteiger partial charge in [-0.25, -0.2) is 4.39 Å². The summed E-state index contributed by atoms with van der Waals surface area (Å²) in [6, 6.07) is 4.64. The highest BCUT2D eigenvalue weighted by Crippen LogP contribution is 2.13. The van der Waals surface area contributed by atoms with Crippen LogP contribution in [-0.2, 0) is 0 Å². The number of benzene rings is 1. The van der Waals surface area contributed by atoms with Gasteiger partial charge in [-0.1, -0.05) is 0 Å². The quantitative estimate of drug-likeness (QED) is 0.817. The minimum Gasteiger partial charge on any atom is -0.335 e. The van der Waals surface area contributed by atoms with E-state index in [1.165, 1.54) is 6.07 Å². The number of hydrogen-bond acceptors (Lipinski definition) is 2. The lowest BCUT2D eigenvalue weighted by Crippen LogP contribution is -2.43. The van der Waals surface area contributed by atoms with Gasteiger partial charge in [-0.3, -0.25) is 4.79 Å². The normalized spacial score (nSPS) is 12.6. The summed E-state index contributed by atoms with van der Waals surface area (Å²) in [4.78, 5) is 16.3. The Morgan fingerprint density at radius 3 is 2.47 bits per heavy atom. The maximum Gasteiger partial charge on any atom is 0.254 e. The van der Waals surface area contributed by atoms with Crippen LogP contribution < -0.4 is 0 Å².